The summed E-state index contributed by atoms with van der Waals surface area (Å²) in [5.41, 5.74) is 2.83. The molecule has 4 rings (SSSR count). The second kappa shape index (κ2) is 8.76. The first-order valence-electron chi connectivity index (χ1n) is 11.0. The van der Waals surface area contributed by atoms with Crippen LogP contribution in [0.4, 0.5) is 5.69 Å². The Morgan fingerprint density at radius 3 is 2.59 bits per heavy atom. The predicted octanol–water partition coefficient (Wildman–Crippen LogP) is 4.20. The predicted molar refractivity (Wildman–Crippen MR) is 119 cm³/mol. The SMILES string of the molecule is COc1ccccc1N1CCN(CC2CCCCC2(O)c2cccc(C)c2)CC1. The minimum Gasteiger partial charge on any atom is -0.495 e. The van der Waals surface area contributed by atoms with E-state index in [0.717, 1.165) is 63.3 Å². The largest absolute Gasteiger partial charge is 0.495 e. The number of hydrogen-bond acceptors (Lipinski definition) is 4. The molecule has 4 nitrogen and oxygen atoms in total. The molecular formula is C25H34N2O2. The summed E-state index contributed by atoms with van der Waals surface area (Å²) in [6.45, 7) is 7.13. The summed E-state index contributed by atoms with van der Waals surface area (Å²) in [7, 11) is 1.74. The molecule has 0 aromatic heterocycles. The third-order valence-electron chi connectivity index (χ3n) is 6.83. The molecule has 1 aliphatic carbocycles. The molecule has 2 unspecified atom stereocenters. The molecule has 1 saturated heterocycles. The van der Waals surface area contributed by atoms with Crippen molar-refractivity contribution in [2.24, 2.45) is 5.92 Å². The van der Waals surface area contributed by atoms with Gasteiger partial charge < -0.3 is 14.7 Å². The summed E-state index contributed by atoms with van der Waals surface area (Å²) in [5, 5.41) is 11.7. The minimum atomic E-state index is -0.690. The van der Waals surface area contributed by atoms with Gasteiger partial charge in [0.2, 0.25) is 0 Å². The van der Waals surface area contributed by atoms with Gasteiger partial charge in [-0.2, -0.15) is 0 Å². The highest BCUT2D eigenvalue weighted by atomic mass is 16.5. The van der Waals surface area contributed by atoms with Crippen LogP contribution in [0.1, 0.15) is 36.8 Å². The molecule has 1 N–H and O–H groups in total. The van der Waals surface area contributed by atoms with Crippen LogP contribution in [0.25, 0.3) is 0 Å². The van der Waals surface area contributed by atoms with Crippen LogP contribution in [-0.4, -0.2) is 49.8 Å². The van der Waals surface area contributed by atoms with Crippen LogP contribution in [0.3, 0.4) is 0 Å². The lowest BCUT2D eigenvalue weighted by Crippen LogP contribution is -2.51. The van der Waals surface area contributed by atoms with E-state index in [1.807, 2.05) is 12.1 Å². The van der Waals surface area contributed by atoms with Crippen LogP contribution in [0, 0.1) is 12.8 Å². The second-order valence-corrected chi connectivity index (χ2v) is 8.70. The second-order valence-electron chi connectivity index (χ2n) is 8.70. The van der Waals surface area contributed by atoms with Crippen LogP contribution in [-0.2, 0) is 5.60 Å². The quantitative estimate of drug-likeness (QED) is 0.824. The molecule has 0 spiro atoms. The van der Waals surface area contributed by atoms with Gasteiger partial charge in [0.1, 0.15) is 5.75 Å². The van der Waals surface area contributed by atoms with Gasteiger partial charge in [0, 0.05) is 38.6 Å². The van der Waals surface area contributed by atoms with Gasteiger partial charge in [0.05, 0.1) is 18.4 Å². The molecule has 156 valence electrons. The maximum atomic E-state index is 11.7. The number of ether oxygens (including phenoxy) is 1. The number of aryl methyl sites for hydroxylation is 1. The number of para-hydroxylation sites is 2. The normalized spacial score (nSPS) is 25.8. The summed E-state index contributed by atoms with van der Waals surface area (Å²) < 4.78 is 5.54. The third kappa shape index (κ3) is 4.29. The monoisotopic (exact) mass is 394 g/mol. The lowest BCUT2D eigenvalue weighted by Gasteiger charge is -2.45. The van der Waals surface area contributed by atoms with Crippen molar-refractivity contribution in [1.82, 2.24) is 4.90 Å². The molecule has 1 saturated carbocycles. The molecule has 29 heavy (non-hydrogen) atoms. The smallest absolute Gasteiger partial charge is 0.142 e. The first-order valence-corrected chi connectivity index (χ1v) is 11.0. The Balaban J connectivity index is 1.42. The number of piperazine rings is 1. The van der Waals surface area contributed by atoms with Crippen molar-refractivity contribution < 1.29 is 9.84 Å². The molecule has 2 atom stereocenters. The van der Waals surface area contributed by atoms with E-state index in [9.17, 15) is 5.11 Å². The topological polar surface area (TPSA) is 35.9 Å². The van der Waals surface area contributed by atoms with Gasteiger partial charge >= 0.3 is 0 Å². The summed E-state index contributed by atoms with van der Waals surface area (Å²) >= 11 is 0. The highest BCUT2D eigenvalue weighted by Gasteiger charge is 2.41. The fourth-order valence-corrected chi connectivity index (χ4v) is 5.14. The van der Waals surface area contributed by atoms with E-state index in [-0.39, 0.29) is 0 Å². The van der Waals surface area contributed by atoms with E-state index >= 15 is 0 Å². The number of aliphatic hydroxyl groups is 1. The van der Waals surface area contributed by atoms with Crippen molar-refractivity contribution in [3.8, 4) is 5.75 Å². The Labute approximate surface area is 175 Å². The van der Waals surface area contributed by atoms with Gasteiger partial charge in [-0.1, -0.05) is 54.8 Å². The summed E-state index contributed by atoms with van der Waals surface area (Å²) in [6.07, 6.45) is 4.32. The van der Waals surface area contributed by atoms with Crippen molar-refractivity contribution in [3.05, 3.63) is 59.7 Å². The van der Waals surface area contributed by atoms with Gasteiger partial charge in [0.25, 0.3) is 0 Å². The molecule has 0 radical (unpaired) electrons. The van der Waals surface area contributed by atoms with Crippen LogP contribution >= 0.6 is 0 Å². The van der Waals surface area contributed by atoms with Crippen molar-refractivity contribution in [2.45, 2.75) is 38.2 Å². The molecule has 2 aromatic rings. The molecule has 0 amide bonds. The van der Waals surface area contributed by atoms with Gasteiger partial charge in [-0.25, -0.2) is 0 Å². The average molecular weight is 395 g/mol. The van der Waals surface area contributed by atoms with E-state index < -0.39 is 5.60 Å². The number of hydrogen-bond donors (Lipinski definition) is 1. The van der Waals surface area contributed by atoms with Crippen molar-refractivity contribution in [1.29, 1.82) is 0 Å². The maximum Gasteiger partial charge on any atom is 0.142 e. The fraction of sp³-hybridized carbons (Fsp3) is 0.520. The van der Waals surface area contributed by atoms with E-state index in [0.29, 0.717) is 5.92 Å². The van der Waals surface area contributed by atoms with E-state index in [4.69, 9.17) is 4.74 Å². The molecule has 1 aliphatic heterocycles. The zero-order valence-electron chi connectivity index (χ0n) is 17.8. The molecule has 1 heterocycles. The molecule has 4 heteroatoms. The Morgan fingerprint density at radius 1 is 1.03 bits per heavy atom. The first-order chi connectivity index (χ1) is 14.1. The van der Waals surface area contributed by atoms with Gasteiger partial charge in [-0.3, -0.25) is 4.90 Å². The first kappa shape index (κ1) is 20.2. The van der Waals surface area contributed by atoms with Crippen LogP contribution in [0.15, 0.2) is 48.5 Å². The van der Waals surface area contributed by atoms with Crippen LogP contribution < -0.4 is 9.64 Å². The van der Waals surface area contributed by atoms with Crippen LogP contribution in [0.5, 0.6) is 5.75 Å². The van der Waals surface area contributed by atoms with Crippen molar-refractivity contribution in [2.75, 3.05) is 44.7 Å². The maximum absolute atomic E-state index is 11.7. The van der Waals surface area contributed by atoms with E-state index in [1.165, 1.54) is 17.7 Å². The van der Waals surface area contributed by atoms with E-state index in [2.05, 4.69) is 53.1 Å². The fourth-order valence-electron chi connectivity index (χ4n) is 5.14. The average Bonchev–Trinajstić information content (AvgIpc) is 2.76. The number of benzene rings is 2. The summed E-state index contributed by atoms with van der Waals surface area (Å²) in [5.74, 6) is 1.25. The Bertz CT molecular complexity index is 816. The Morgan fingerprint density at radius 2 is 1.83 bits per heavy atom. The van der Waals surface area contributed by atoms with E-state index in [1.54, 1.807) is 7.11 Å². The highest BCUT2D eigenvalue weighted by molar-refractivity contribution is 5.58. The number of nitrogens with zero attached hydrogens (tertiary/aromatic N) is 2. The number of rotatable bonds is 5. The Kier molecular flexibility index (Phi) is 6.12. The molecule has 2 aliphatic rings. The zero-order valence-corrected chi connectivity index (χ0v) is 17.8. The molecular weight excluding hydrogens is 360 g/mol. The summed E-state index contributed by atoms with van der Waals surface area (Å²) in [6, 6.07) is 16.8. The van der Waals surface area contributed by atoms with Gasteiger partial charge in [-0.15, -0.1) is 0 Å². The minimum absolute atomic E-state index is 0.302. The summed E-state index contributed by atoms with van der Waals surface area (Å²) in [4.78, 5) is 4.96. The highest BCUT2D eigenvalue weighted by Crippen LogP contribution is 2.42. The van der Waals surface area contributed by atoms with Crippen LogP contribution in [0.2, 0.25) is 0 Å². The molecule has 0 bridgehead atoms. The molecule has 2 aromatic carbocycles. The van der Waals surface area contributed by atoms with Gasteiger partial charge in [0.15, 0.2) is 0 Å². The van der Waals surface area contributed by atoms with Crippen molar-refractivity contribution >= 4 is 5.69 Å². The number of anilines is 1. The van der Waals surface area contributed by atoms with Crippen molar-refractivity contribution in [3.63, 3.8) is 0 Å². The Hall–Kier alpha value is -2.04. The van der Waals surface area contributed by atoms with Gasteiger partial charge in [-0.05, 0) is 37.5 Å². The standard InChI is InChI=1S/C25H34N2O2/c1-20-8-7-10-21(18-20)25(28)13-6-5-9-22(25)19-26-14-16-27(17-15-26)23-11-3-4-12-24(23)29-2/h3-4,7-8,10-12,18,22,28H,5-6,9,13-17,19H2,1-2H3. The molecule has 2 fully saturated rings. The lowest BCUT2D eigenvalue weighted by atomic mass is 9.71. The lowest BCUT2D eigenvalue weighted by molar-refractivity contribution is -0.0660. The number of methoxy groups -OCH3 is 1. The third-order valence-corrected chi connectivity index (χ3v) is 6.83. The zero-order chi connectivity index (χ0) is 20.3.